The van der Waals surface area contributed by atoms with Gasteiger partial charge in [-0.3, -0.25) is 14.9 Å². The lowest BCUT2D eigenvalue weighted by atomic mass is 10.1. The van der Waals surface area contributed by atoms with Crippen LogP contribution in [0.25, 0.3) is 22.2 Å². The Bertz CT molecular complexity index is 1060. The number of benzene rings is 1. The van der Waals surface area contributed by atoms with Gasteiger partial charge in [-0.05, 0) is 49.2 Å². The van der Waals surface area contributed by atoms with E-state index in [-0.39, 0.29) is 5.91 Å². The van der Waals surface area contributed by atoms with Crippen LogP contribution in [0.15, 0.2) is 48.8 Å². The first-order chi connectivity index (χ1) is 12.1. The van der Waals surface area contributed by atoms with Crippen LogP contribution in [0.2, 0.25) is 0 Å². The number of nitrogens with zero attached hydrogens (tertiary/aromatic N) is 2. The van der Waals surface area contributed by atoms with Gasteiger partial charge in [0, 0.05) is 34.9 Å². The number of H-pyrrole nitrogens is 2. The first kappa shape index (κ1) is 15.1. The molecule has 0 aliphatic rings. The molecule has 0 unspecified atom stereocenters. The van der Waals surface area contributed by atoms with Crippen molar-refractivity contribution in [3.63, 3.8) is 0 Å². The van der Waals surface area contributed by atoms with Gasteiger partial charge in [-0.15, -0.1) is 0 Å². The average molecular weight is 331 g/mol. The molecule has 124 valence electrons. The van der Waals surface area contributed by atoms with Gasteiger partial charge < -0.3 is 10.3 Å². The summed E-state index contributed by atoms with van der Waals surface area (Å²) >= 11 is 0. The number of rotatable bonds is 3. The molecular weight excluding hydrogens is 314 g/mol. The number of aryl methyl sites for hydroxylation is 2. The number of aromatic nitrogens is 4. The van der Waals surface area contributed by atoms with Gasteiger partial charge in [0.25, 0.3) is 5.91 Å². The molecule has 0 atom stereocenters. The Morgan fingerprint density at radius 2 is 1.88 bits per heavy atom. The van der Waals surface area contributed by atoms with Crippen molar-refractivity contribution >= 4 is 22.6 Å². The summed E-state index contributed by atoms with van der Waals surface area (Å²) in [5.74, 6) is 0.254. The van der Waals surface area contributed by atoms with Crippen molar-refractivity contribution in [2.45, 2.75) is 13.8 Å². The number of fused-ring (bicyclic) bond motifs is 1. The van der Waals surface area contributed by atoms with E-state index in [2.05, 4.69) is 39.3 Å². The van der Waals surface area contributed by atoms with Crippen LogP contribution in [0.3, 0.4) is 0 Å². The quantitative estimate of drug-likeness (QED) is 0.533. The normalized spacial score (nSPS) is 11.0. The Balaban J connectivity index is 1.58. The first-order valence-corrected chi connectivity index (χ1v) is 7.98. The molecule has 0 aliphatic heterocycles. The summed E-state index contributed by atoms with van der Waals surface area (Å²) in [5.41, 5.74) is 5.62. The van der Waals surface area contributed by atoms with E-state index in [1.54, 1.807) is 18.5 Å². The van der Waals surface area contributed by atoms with Gasteiger partial charge in [0.1, 0.15) is 5.69 Å². The van der Waals surface area contributed by atoms with Crippen LogP contribution in [0.5, 0.6) is 0 Å². The highest BCUT2D eigenvalue weighted by Crippen LogP contribution is 2.23. The Hall–Kier alpha value is -3.41. The third-order valence-electron chi connectivity index (χ3n) is 4.40. The second kappa shape index (κ2) is 5.90. The van der Waals surface area contributed by atoms with Crippen molar-refractivity contribution in [2.24, 2.45) is 0 Å². The lowest BCUT2D eigenvalue weighted by molar-refractivity contribution is 0.102. The number of anilines is 1. The Morgan fingerprint density at radius 1 is 1.08 bits per heavy atom. The largest absolute Gasteiger partial charge is 0.351 e. The summed E-state index contributed by atoms with van der Waals surface area (Å²) in [6.07, 6.45) is 3.42. The molecule has 0 saturated carbocycles. The summed E-state index contributed by atoms with van der Waals surface area (Å²) in [6.45, 7) is 4.12. The number of hydrogen-bond donors (Lipinski definition) is 3. The second-order valence-corrected chi connectivity index (χ2v) is 6.01. The van der Waals surface area contributed by atoms with E-state index in [9.17, 15) is 4.79 Å². The molecule has 4 rings (SSSR count). The molecular formula is C19H17N5O. The molecule has 4 aromatic rings. The number of pyridine rings is 1. The standard InChI is InChI=1S/C19H17N5O/c1-11-3-4-15-14(12(11)2)9-17(21-15)19(25)22-18-10-16(23-24-18)13-5-7-20-8-6-13/h3-10,21H,1-2H3,(H2,22,23,24,25). The highest BCUT2D eigenvalue weighted by Gasteiger charge is 2.13. The van der Waals surface area contributed by atoms with Gasteiger partial charge in [0.2, 0.25) is 0 Å². The molecule has 3 aromatic heterocycles. The van der Waals surface area contributed by atoms with Crippen LogP contribution in [0.4, 0.5) is 5.82 Å². The van der Waals surface area contributed by atoms with E-state index in [1.165, 1.54) is 11.1 Å². The molecule has 0 fully saturated rings. The van der Waals surface area contributed by atoms with Gasteiger partial charge in [0.15, 0.2) is 5.82 Å². The number of nitrogens with one attached hydrogen (secondary N) is 3. The highest BCUT2D eigenvalue weighted by molar-refractivity contribution is 6.06. The first-order valence-electron chi connectivity index (χ1n) is 7.98. The van der Waals surface area contributed by atoms with Crippen molar-refractivity contribution < 1.29 is 4.79 Å². The Kier molecular flexibility index (Phi) is 3.57. The summed E-state index contributed by atoms with van der Waals surface area (Å²) < 4.78 is 0. The minimum atomic E-state index is -0.221. The van der Waals surface area contributed by atoms with Crippen LogP contribution >= 0.6 is 0 Å². The third kappa shape index (κ3) is 2.78. The Labute approximate surface area is 144 Å². The van der Waals surface area contributed by atoms with E-state index in [1.807, 2.05) is 30.3 Å². The maximum atomic E-state index is 12.5. The molecule has 3 heterocycles. The molecule has 0 spiro atoms. The number of carbonyl (C=O) groups is 1. The summed E-state index contributed by atoms with van der Waals surface area (Å²) in [7, 11) is 0. The SMILES string of the molecule is Cc1ccc2[nH]c(C(=O)Nc3cc(-c4ccncc4)[nH]n3)cc2c1C. The molecule has 25 heavy (non-hydrogen) atoms. The predicted molar refractivity (Wildman–Crippen MR) is 97.5 cm³/mol. The molecule has 1 aromatic carbocycles. The fourth-order valence-corrected chi connectivity index (χ4v) is 2.83. The topological polar surface area (TPSA) is 86.5 Å². The third-order valence-corrected chi connectivity index (χ3v) is 4.40. The molecule has 0 saturated heterocycles. The van der Waals surface area contributed by atoms with Gasteiger partial charge in [0.05, 0.1) is 5.69 Å². The van der Waals surface area contributed by atoms with E-state index in [0.717, 1.165) is 22.2 Å². The van der Waals surface area contributed by atoms with Crippen molar-refractivity contribution in [2.75, 3.05) is 5.32 Å². The summed E-state index contributed by atoms with van der Waals surface area (Å²) in [5, 5.41) is 10.9. The van der Waals surface area contributed by atoms with E-state index >= 15 is 0 Å². The summed E-state index contributed by atoms with van der Waals surface area (Å²) in [4.78, 5) is 19.7. The molecule has 6 nitrogen and oxygen atoms in total. The van der Waals surface area contributed by atoms with Crippen molar-refractivity contribution in [1.29, 1.82) is 0 Å². The molecule has 3 N–H and O–H groups in total. The van der Waals surface area contributed by atoms with Crippen LogP contribution in [-0.2, 0) is 0 Å². The smallest absolute Gasteiger partial charge is 0.273 e. The maximum absolute atomic E-state index is 12.5. The van der Waals surface area contributed by atoms with Gasteiger partial charge in [-0.2, -0.15) is 5.10 Å². The predicted octanol–water partition coefficient (Wildman–Crippen LogP) is 3.82. The molecule has 6 heteroatoms. The van der Waals surface area contributed by atoms with Gasteiger partial charge in [-0.1, -0.05) is 6.07 Å². The minimum absolute atomic E-state index is 0.221. The van der Waals surface area contributed by atoms with Crippen LogP contribution in [-0.4, -0.2) is 26.1 Å². The maximum Gasteiger partial charge on any atom is 0.273 e. The minimum Gasteiger partial charge on any atom is -0.351 e. The van der Waals surface area contributed by atoms with Gasteiger partial charge in [-0.25, -0.2) is 0 Å². The highest BCUT2D eigenvalue weighted by atomic mass is 16.1. The zero-order chi connectivity index (χ0) is 17.4. The van der Waals surface area contributed by atoms with E-state index in [4.69, 9.17) is 0 Å². The Morgan fingerprint density at radius 3 is 2.68 bits per heavy atom. The van der Waals surface area contributed by atoms with Crippen LogP contribution in [0, 0.1) is 13.8 Å². The summed E-state index contributed by atoms with van der Waals surface area (Å²) in [6, 6.07) is 11.5. The fraction of sp³-hybridized carbons (Fsp3) is 0.105. The molecule has 0 bridgehead atoms. The average Bonchev–Trinajstić information content (AvgIpc) is 3.26. The number of carbonyl (C=O) groups excluding carboxylic acids is 1. The monoisotopic (exact) mass is 331 g/mol. The van der Waals surface area contributed by atoms with Crippen molar-refractivity contribution in [3.05, 3.63) is 65.6 Å². The molecule has 0 radical (unpaired) electrons. The number of aromatic amines is 2. The van der Waals surface area contributed by atoms with Crippen LogP contribution < -0.4 is 5.32 Å². The van der Waals surface area contributed by atoms with E-state index < -0.39 is 0 Å². The molecule has 0 aliphatic carbocycles. The zero-order valence-corrected chi connectivity index (χ0v) is 13.9. The lowest BCUT2D eigenvalue weighted by Gasteiger charge is -1.99. The lowest BCUT2D eigenvalue weighted by Crippen LogP contribution is -2.12. The zero-order valence-electron chi connectivity index (χ0n) is 13.9. The van der Waals surface area contributed by atoms with Gasteiger partial charge >= 0.3 is 0 Å². The second-order valence-electron chi connectivity index (χ2n) is 6.01. The number of amides is 1. The fourth-order valence-electron chi connectivity index (χ4n) is 2.83. The molecule has 1 amide bonds. The van der Waals surface area contributed by atoms with E-state index in [0.29, 0.717) is 11.5 Å². The number of hydrogen-bond acceptors (Lipinski definition) is 3. The van der Waals surface area contributed by atoms with Crippen LogP contribution in [0.1, 0.15) is 21.6 Å². The van der Waals surface area contributed by atoms with Crippen molar-refractivity contribution in [1.82, 2.24) is 20.2 Å². The van der Waals surface area contributed by atoms with Crippen molar-refractivity contribution in [3.8, 4) is 11.3 Å².